The van der Waals surface area contributed by atoms with E-state index in [1.807, 2.05) is 13.8 Å². The van der Waals surface area contributed by atoms with Crippen LogP contribution in [0.5, 0.6) is 0 Å². The lowest BCUT2D eigenvalue weighted by Crippen LogP contribution is -2.43. The monoisotopic (exact) mass is 489 g/mol. The second-order valence-electron chi connectivity index (χ2n) is 7.11. The Labute approximate surface area is 170 Å². The van der Waals surface area contributed by atoms with Crippen molar-refractivity contribution < 1.29 is 13.2 Å². The molecule has 0 spiro atoms. The summed E-state index contributed by atoms with van der Waals surface area (Å²) in [6, 6.07) is 0.0658. The number of ether oxygens (including phenoxy) is 1. The third-order valence-electron chi connectivity index (χ3n) is 4.72. The Morgan fingerprint density at radius 2 is 1.96 bits per heavy atom. The predicted octanol–water partition coefficient (Wildman–Crippen LogP) is 2.58. The summed E-state index contributed by atoms with van der Waals surface area (Å²) in [7, 11) is -1.18. The summed E-state index contributed by atoms with van der Waals surface area (Å²) >= 11 is 0. The van der Waals surface area contributed by atoms with Gasteiger partial charge in [0.15, 0.2) is 5.96 Å². The predicted molar refractivity (Wildman–Crippen MR) is 116 cm³/mol. The summed E-state index contributed by atoms with van der Waals surface area (Å²) in [6.07, 6.45) is 7.88. The van der Waals surface area contributed by atoms with Gasteiger partial charge >= 0.3 is 0 Å². The smallest absolute Gasteiger partial charge is 0.191 e. The molecule has 1 rings (SSSR count). The van der Waals surface area contributed by atoms with Crippen LogP contribution in [0.1, 0.15) is 52.4 Å². The molecular formula is C17H36IN3O3S. The molecule has 0 aliphatic heterocycles. The zero-order valence-electron chi connectivity index (χ0n) is 16.1. The minimum atomic E-state index is -2.93. The van der Waals surface area contributed by atoms with Crippen LogP contribution in [0.4, 0.5) is 0 Å². The van der Waals surface area contributed by atoms with Crippen molar-refractivity contribution in [3.05, 3.63) is 0 Å². The van der Waals surface area contributed by atoms with E-state index in [0.717, 1.165) is 32.1 Å². The molecule has 2 N–H and O–H groups in total. The topological polar surface area (TPSA) is 79.8 Å². The number of hydrogen-bond donors (Lipinski definition) is 2. The van der Waals surface area contributed by atoms with E-state index in [4.69, 9.17) is 9.73 Å². The van der Waals surface area contributed by atoms with Gasteiger partial charge in [0, 0.05) is 39.1 Å². The number of guanidine groups is 1. The molecule has 1 fully saturated rings. The lowest BCUT2D eigenvalue weighted by molar-refractivity contribution is 0.141. The summed E-state index contributed by atoms with van der Waals surface area (Å²) < 4.78 is 27.9. The number of rotatable bonds is 10. The van der Waals surface area contributed by atoms with Gasteiger partial charge in [0.25, 0.3) is 0 Å². The van der Waals surface area contributed by atoms with Gasteiger partial charge in [0.1, 0.15) is 9.84 Å². The van der Waals surface area contributed by atoms with Gasteiger partial charge < -0.3 is 15.4 Å². The van der Waals surface area contributed by atoms with E-state index in [0.29, 0.717) is 6.42 Å². The van der Waals surface area contributed by atoms with E-state index in [-0.39, 0.29) is 41.2 Å². The molecule has 1 atom stereocenters. The Morgan fingerprint density at radius 1 is 1.32 bits per heavy atom. The fourth-order valence-corrected chi connectivity index (χ4v) is 3.98. The van der Waals surface area contributed by atoms with Crippen molar-refractivity contribution >= 4 is 39.8 Å². The maximum absolute atomic E-state index is 11.3. The fraction of sp³-hybridized carbons (Fsp3) is 0.941. The molecule has 0 aromatic heterocycles. The second kappa shape index (κ2) is 12.3. The lowest BCUT2D eigenvalue weighted by Gasteiger charge is -2.27. The van der Waals surface area contributed by atoms with Crippen molar-refractivity contribution in [1.29, 1.82) is 0 Å². The van der Waals surface area contributed by atoms with Crippen LogP contribution in [0, 0.1) is 5.41 Å². The molecular weight excluding hydrogens is 453 g/mol. The molecule has 1 aliphatic rings. The molecule has 0 radical (unpaired) electrons. The summed E-state index contributed by atoms with van der Waals surface area (Å²) in [5, 5.41) is 6.60. The molecule has 8 heteroatoms. The normalized spacial score (nSPS) is 18.5. The summed E-state index contributed by atoms with van der Waals surface area (Å²) in [6.45, 7) is 6.40. The molecule has 0 aromatic carbocycles. The maximum atomic E-state index is 11.3. The highest BCUT2D eigenvalue weighted by Gasteiger charge is 2.33. The highest BCUT2D eigenvalue weighted by atomic mass is 127. The van der Waals surface area contributed by atoms with Crippen LogP contribution in [0.25, 0.3) is 0 Å². The molecule has 1 aliphatic carbocycles. The quantitative estimate of drug-likeness (QED) is 0.280. The standard InChI is InChI=1S/C17H35N3O3S.HI/c1-5-18-16(20-15(2)8-13-24(4,21)22)19-14-17(11-12-23-3)9-6-7-10-17;/h15H,5-14H2,1-4H3,(H2,18,19,20);1H. The summed E-state index contributed by atoms with van der Waals surface area (Å²) in [5.74, 6) is 0.973. The SMILES string of the molecule is CCNC(=NCC1(CCOC)CCCC1)NC(C)CCS(C)(=O)=O.I. The van der Waals surface area contributed by atoms with E-state index in [1.165, 1.54) is 31.9 Å². The minimum Gasteiger partial charge on any atom is -0.385 e. The van der Waals surface area contributed by atoms with E-state index >= 15 is 0 Å². The van der Waals surface area contributed by atoms with Crippen molar-refractivity contribution in [2.24, 2.45) is 10.4 Å². The molecule has 1 saturated carbocycles. The Bertz CT molecular complexity index is 491. The largest absolute Gasteiger partial charge is 0.385 e. The van der Waals surface area contributed by atoms with Crippen molar-refractivity contribution in [2.75, 3.05) is 38.8 Å². The number of aliphatic imine (C=N–C) groups is 1. The first kappa shape index (κ1) is 24.9. The number of halogens is 1. The highest BCUT2D eigenvalue weighted by molar-refractivity contribution is 14.0. The average Bonchev–Trinajstić information content (AvgIpc) is 2.97. The molecule has 0 saturated heterocycles. The van der Waals surface area contributed by atoms with Crippen molar-refractivity contribution in [2.45, 2.75) is 58.4 Å². The van der Waals surface area contributed by atoms with Crippen LogP contribution in [0.2, 0.25) is 0 Å². The zero-order valence-corrected chi connectivity index (χ0v) is 19.3. The average molecular weight is 489 g/mol. The highest BCUT2D eigenvalue weighted by Crippen LogP contribution is 2.41. The molecule has 1 unspecified atom stereocenters. The Kier molecular flexibility index (Phi) is 12.3. The molecule has 6 nitrogen and oxygen atoms in total. The van der Waals surface area contributed by atoms with Crippen LogP contribution in [0.15, 0.2) is 4.99 Å². The minimum absolute atomic E-state index is 0. The first-order valence-corrected chi connectivity index (χ1v) is 11.1. The summed E-state index contributed by atoms with van der Waals surface area (Å²) in [4.78, 5) is 4.79. The van der Waals surface area contributed by atoms with Crippen LogP contribution in [-0.4, -0.2) is 59.2 Å². The van der Waals surface area contributed by atoms with Gasteiger partial charge in [-0.2, -0.15) is 0 Å². The van der Waals surface area contributed by atoms with Crippen molar-refractivity contribution in [3.8, 4) is 0 Å². The number of methoxy groups -OCH3 is 1. The fourth-order valence-electron chi connectivity index (χ4n) is 3.19. The maximum Gasteiger partial charge on any atom is 0.191 e. The first-order valence-electron chi connectivity index (χ1n) is 9.02. The molecule has 0 bridgehead atoms. The van der Waals surface area contributed by atoms with Crippen LogP contribution in [0.3, 0.4) is 0 Å². The van der Waals surface area contributed by atoms with E-state index < -0.39 is 9.84 Å². The third-order valence-corrected chi connectivity index (χ3v) is 5.70. The van der Waals surface area contributed by atoms with E-state index in [1.54, 1.807) is 7.11 Å². The van der Waals surface area contributed by atoms with Gasteiger partial charge in [0.05, 0.1) is 5.75 Å². The van der Waals surface area contributed by atoms with Gasteiger partial charge in [-0.15, -0.1) is 24.0 Å². The number of nitrogens with zero attached hydrogens (tertiary/aromatic N) is 1. The third kappa shape index (κ3) is 10.6. The van der Waals surface area contributed by atoms with Gasteiger partial charge in [-0.05, 0) is 44.9 Å². The van der Waals surface area contributed by atoms with Gasteiger partial charge in [-0.3, -0.25) is 4.99 Å². The summed E-state index contributed by atoms with van der Waals surface area (Å²) in [5.41, 5.74) is 0.258. The van der Waals surface area contributed by atoms with Gasteiger partial charge in [-0.1, -0.05) is 12.8 Å². The number of hydrogen-bond acceptors (Lipinski definition) is 4. The van der Waals surface area contributed by atoms with Gasteiger partial charge in [-0.25, -0.2) is 8.42 Å². The Balaban J connectivity index is 0.00000576. The van der Waals surface area contributed by atoms with Crippen LogP contribution >= 0.6 is 24.0 Å². The first-order chi connectivity index (χ1) is 11.3. The molecule has 0 aromatic rings. The molecule has 0 amide bonds. The number of nitrogens with one attached hydrogen (secondary N) is 2. The van der Waals surface area contributed by atoms with Crippen LogP contribution in [-0.2, 0) is 14.6 Å². The van der Waals surface area contributed by atoms with Crippen molar-refractivity contribution in [3.63, 3.8) is 0 Å². The zero-order chi connectivity index (χ0) is 18.1. The van der Waals surface area contributed by atoms with Gasteiger partial charge in [0.2, 0.25) is 0 Å². The second-order valence-corrected chi connectivity index (χ2v) is 9.37. The van der Waals surface area contributed by atoms with Crippen molar-refractivity contribution in [1.82, 2.24) is 10.6 Å². The van der Waals surface area contributed by atoms with E-state index in [9.17, 15) is 8.42 Å². The Morgan fingerprint density at radius 3 is 2.48 bits per heavy atom. The van der Waals surface area contributed by atoms with Crippen LogP contribution < -0.4 is 10.6 Å². The lowest BCUT2D eigenvalue weighted by atomic mass is 9.83. The molecule has 150 valence electrons. The van der Waals surface area contributed by atoms with E-state index in [2.05, 4.69) is 10.6 Å². The molecule has 25 heavy (non-hydrogen) atoms. The number of sulfone groups is 1. The molecule has 0 heterocycles. The Hall–Kier alpha value is -0.0900.